The molecule has 4 N–H and O–H groups in total. The Morgan fingerprint density at radius 3 is 2.37 bits per heavy atom. The van der Waals surface area contributed by atoms with Crippen LogP contribution in [0.3, 0.4) is 0 Å². The number of para-hydroxylation sites is 1. The molecule has 0 bridgehead atoms. The van der Waals surface area contributed by atoms with Crippen LogP contribution in [0.2, 0.25) is 0 Å². The minimum atomic E-state index is -1.01. The molecule has 1 aromatic carbocycles. The van der Waals surface area contributed by atoms with E-state index in [1.165, 1.54) is 6.92 Å². The number of carboxylic acids is 1. The first-order valence-electron chi connectivity index (χ1n) is 13.4. The molecule has 0 saturated heterocycles. The van der Waals surface area contributed by atoms with Crippen molar-refractivity contribution in [2.24, 2.45) is 11.3 Å². The number of aromatic amines is 1. The number of aromatic nitrogens is 1. The van der Waals surface area contributed by atoms with Gasteiger partial charge in [0.2, 0.25) is 5.91 Å². The van der Waals surface area contributed by atoms with Crippen molar-refractivity contribution in [2.45, 2.75) is 85.5 Å². The molecule has 0 radical (unpaired) electrons. The number of carboxylic acid groups (broad SMARTS) is 1. The molecule has 2 heterocycles. The molecule has 0 aliphatic carbocycles. The van der Waals surface area contributed by atoms with Gasteiger partial charge in [-0.2, -0.15) is 0 Å². The second-order valence-electron chi connectivity index (χ2n) is 12.8. The second kappa shape index (κ2) is 10.6. The topological polar surface area (TPSA) is 107 Å². The molecular weight excluding hydrogens is 480 g/mol. The molecule has 208 valence electrons. The molecular formula is C30H45N4O4+. The molecule has 0 saturated carbocycles. The van der Waals surface area contributed by atoms with Crippen LogP contribution in [0.25, 0.3) is 10.9 Å². The zero-order chi connectivity index (χ0) is 28.7. The van der Waals surface area contributed by atoms with Crippen LogP contribution < -0.4 is 10.2 Å². The van der Waals surface area contributed by atoms with Gasteiger partial charge in [0.15, 0.2) is 6.04 Å². The van der Waals surface area contributed by atoms with Crippen molar-refractivity contribution in [1.29, 1.82) is 0 Å². The minimum absolute atomic E-state index is 0.0114. The van der Waals surface area contributed by atoms with Gasteiger partial charge >= 0.3 is 5.97 Å². The minimum Gasteiger partial charge on any atom is -0.478 e. The monoisotopic (exact) mass is 525 g/mol. The summed E-state index contributed by atoms with van der Waals surface area (Å²) in [7, 11) is 3.71. The van der Waals surface area contributed by atoms with E-state index in [-0.39, 0.29) is 23.3 Å². The van der Waals surface area contributed by atoms with Gasteiger partial charge in [0.1, 0.15) is 12.6 Å². The van der Waals surface area contributed by atoms with E-state index in [2.05, 4.69) is 36.3 Å². The molecule has 3 rings (SSSR count). The van der Waals surface area contributed by atoms with Crippen LogP contribution in [0.15, 0.2) is 35.9 Å². The van der Waals surface area contributed by atoms with Crippen molar-refractivity contribution in [3.63, 3.8) is 0 Å². The first-order chi connectivity index (χ1) is 17.5. The molecule has 0 fully saturated rings. The highest BCUT2D eigenvalue weighted by Gasteiger charge is 2.50. The number of rotatable bonds is 7. The molecule has 38 heavy (non-hydrogen) atoms. The van der Waals surface area contributed by atoms with E-state index in [9.17, 15) is 19.5 Å². The Morgan fingerprint density at radius 2 is 1.82 bits per heavy atom. The summed E-state index contributed by atoms with van der Waals surface area (Å²) in [4.78, 5) is 45.6. The molecule has 1 aliphatic rings. The molecule has 2 aromatic rings. The highest BCUT2D eigenvalue weighted by molar-refractivity contribution is 5.93. The van der Waals surface area contributed by atoms with Crippen molar-refractivity contribution < 1.29 is 24.4 Å². The number of quaternary nitrogens is 1. The number of aliphatic carboxylic acids is 1. The van der Waals surface area contributed by atoms with Crippen LogP contribution in [-0.4, -0.2) is 65.0 Å². The molecule has 8 heteroatoms. The van der Waals surface area contributed by atoms with Gasteiger partial charge in [-0.3, -0.25) is 9.59 Å². The second-order valence-corrected chi connectivity index (χ2v) is 12.8. The third-order valence-electron chi connectivity index (χ3n) is 8.00. The van der Waals surface area contributed by atoms with Crippen molar-refractivity contribution in [1.82, 2.24) is 15.2 Å². The maximum absolute atomic E-state index is 14.0. The Kier molecular flexibility index (Phi) is 8.18. The van der Waals surface area contributed by atoms with Crippen molar-refractivity contribution in [2.75, 3.05) is 14.1 Å². The summed E-state index contributed by atoms with van der Waals surface area (Å²) in [5.74, 6) is -1.43. The fourth-order valence-corrected chi connectivity index (χ4v) is 6.06. The number of carbonyl (C=O) groups excluding carboxylic acids is 2. The van der Waals surface area contributed by atoms with Crippen molar-refractivity contribution in [3.8, 4) is 0 Å². The molecule has 1 aromatic heterocycles. The quantitative estimate of drug-likeness (QED) is 0.417. The summed E-state index contributed by atoms with van der Waals surface area (Å²) in [6.07, 6.45) is 1.62. The Labute approximate surface area is 226 Å². The highest BCUT2D eigenvalue weighted by atomic mass is 16.4. The number of hydrogen-bond acceptors (Lipinski definition) is 3. The summed E-state index contributed by atoms with van der Waals surface area (Å²) >= 11 is 0. The lowest BCUT2D eigenvalue weighted by atomic mass is 9.72. The number of amides is 2. The third-order valence-corrected chi connectivity index (χ3v) is 8.00. The van der Waals surface area contributed by atoms with Gasteiger partial charge in [0.25, 0.3) is 5.91 Å². The Balaban J connectivity index is 1.95. The smallest absolute Gasteiger partial charge is 0.331 e. The molecule has 4 unspecified atom stereocenters. The number of benzene rings is 1. The number of fused-ring (bicyclic) bond motifs is 3. The van der Waals surface area contributed by atoms with E-state index in [1.54, 1.807) is 18.0 Å². The molecule has 2 amide bonds. The Morgan fingerprint density at radius 1 is 1.21 bits per heavy atom. The van der Waals surface area contributed by atoms with E-state index in [4.69, 9.17) is 0 Å². The summed E-state index contributed by atoms with van der Waals surface area (Å²) in [5, 5.41) is 13.7. The van der Waals surface area contributed by atoms with Gasteiger partial charge in [0, 0.05) is 23.5 Å². The van der Waals surface area contributed by atoms with Gasteiger partial charge in [-0.25, -0.2) is 4.79 Å². The predicted molar refractivity (Wildman–Crippen MR) is 150 cm³/mol. The van der Waals surface area contributed by atoms with Crippen LogP contribution in [0.5, 0.6) is 0 Å². The molecule has 0 spiro atoms. The number of H-pyrrole nitrogens is 1. The number of hydrogen-bond donors (Lipinski definition) is 4. The normalized spacial score (nSPS) is 21.1. The first kappa shape index (κ1) is 29.4. The van der Waals surface area contributed by atoms with Crippen molar-refractivity contribution in [3.05, 3.63) is 47.2 Å². The fraction of sp³-hybridized carbons (Fsp3) is 0.567. The third kappa shape index (κ3) is 5.51. The van der Waals surface area contributed by atoms with E-state index in [0.29, 0.717) is 6.54 Å². The van der Waals surface area contributed by atoms with Gasteiger partial charge in [-0.15, -0.1) is 0 Å². The lowest BCUT2D eigenvalue weighted by Crippen LogP contribution is -3.16. The van der Waals surface area contributed by atoms with E-state index >= 15 is 0 Å². The molecule has 4 atom stereocenters. The lowest BCUT2D eigenvalue weighted by Gasteiger charge is -2.43. The van der Waals surface area contributed by atoms with E-state index < -0.39 is 34.9 Å². The SMILES string of the molecule is CC(=CC(C(C)C)N(C)C(=O)C(NC(=O)C1[NH+](C)Cc2[nH]c3ccccc3c2C1(C)C)C(C)(C)C)C(=O)O. The summed E-state index contributed by atoms with van der Waals surface area (Å²) < 4.78 is 0. The average molecular weight is 526 g/mol. The van der Waals surface area contributed by atoms with Crippen LogP contribution in [-0.2, 0) is 26.3 Å². The predicted octanol–water partition coefficient (Wildman–Crippen LogP) is 2.89. The van der Waals surface area contributed by atoms with Gasteiger partial charge in [0.05, 0.1) is 24.2 Å². The van der Waals surface area contributed by atoms with Gasteiger partial charge < -0.3 is 25.2 Å². The molecule has 1 aliphatic heterocycles. The van der Waals surface area contributed by atoms with Crippen LogP contribution in [0, 0.1) is 11.3 Å². The van der Waals surface area contributed by atoms with Gasteiger partial charge in [-0.05, 0) is 43.7 Å². The van der Waals surface area contributed by atoms with E-state index in [1.807, 2.05) is 53.8 Å². The standard InChI is InChI=1S/C30H44N4O4/c1-17(2)22(15-18(3)28(37)38)34(10)27(36)24(29(4,5)6)32-26(35)25-30(7,8)23-19-13-11-12-14-20(19)31-21(23)16-33(25)9/h11-15,17,22,24-25,31H,16H2,1-10H3,(H,32,35)(H,37,38)/p+1. The zero-order valence-electron chi connectivity index (χ0n) is 24.5. The number of carbonyl (C=O) groups is 3. The van der Waals surface area contributed by atoms with Crippen LogP contribution >= 0.6 is 0 Å². The van der Waals surface area contributed by atoms with Crippen LogP contribution in [0.1, 0.15) is 66.6 Å². The van der Waals surface area contributed by atoms with Crippen molar-refractivity contribution >= 4 is 28.7 Å². The van der Waals surface area contributed by atoms with E-state index in [0.717, 1.165) is 27.1 Å². The Hall–Kier alpha value is -3.13. The number of nitrogens with zero attached hydrogens (tertiary/aromatic N) is 1. The zero-order valence-corrected chi connectivity index (χ0v) is 24.5. The summed E-state index contributed by atoms with van der Waals surface area (Å²) in [6.45, 7) is 16.1. The highest BCUT2D eigenvalue weighted by Crippen LogP contribution is 2.37. The fourth-order valence-electron chi connectivity index (χ4n) is 6.06. The number of likely N-dealkylation sites (N-methyl/N-ethyl adjacent to an activating group) is 2. The van der Waals surface area contributed by atoms with Crippen LogP contribution in [0.4, 0.5) is 0 Å². The maximum atomic E-state index is 14.0. The maximum Gasteiger partial charge on any atom is 0.331 e. The van der Waals surface area contributed by atoms with Gasteiger partial charge in [-0.1, -0.05) is 58.9 Å². The lowest BCUT2D eigenvalue weighted by molar-refractivity contribution is -0.917. The average Bonchev–Trinajstić information content (AvgIpc) is 3.17. The first-order valence-corrected chi connectivity index (χ1v) is 13.4. The summed E-state index contributed by atoms with van der Waals surface area (Å²) in [5.41, 5.74) is 2.49. The molecule has 8 nitrogen and oxygen atoms in total. The summed E-state index contributed by atoms with van der Waals surface area (Å²) in [6, 6.07) is 6.56. The number of nitrogens with one attached hydrogen (secondary N) is 3. The Bertz CT molecular complexity index is 1250. The largest absolute Gasteiger partial charge is 0.478 e.